The molecule has 0 saturated carbocycles. The monoisotopic (exact) mass is 309 g/mol. The third-order valence-corrected chi connectivity index (χ3v) is 3.92. The second-order valence-electron chi connectivity index (χ2n) is 5.45. The van der Waals surface area contributed by atoms with Crippen LogP contribution in [0.1, 0.15) is 26.7 Å². The summed E-state index contributed by atoms with van der Waals surface area (Å²) in [5, 5.41) is 0. The van der Waals surface area contributed by atoms with E-state index in [0.29, 0.717) is 17.2 Å². The Labute approximate surface area is 135 Å². The van der Waals surface area contributed by atoms with Crippen molar-refractivity contribution in [3.8, 4) is 17.2 Å². The van der Waals surface area contributed by atoms with Gasteiger partial charge in [-0.05, 0) is 37.1 Å². The van der Waals surface area contributed by atoms with Gasteiger partial charge in [0.25, 0.3) is 0 Å². The van der Waals surface area contributed by atoms with Gasteiger partial charge in [-0.15, -0.1) is 0 Å². The number of carbonyl (C=O) groups is 1. The third kappa shape index (κ3) is 3.26. The molecule has 3 rings (SSSR count). The maximum Gasteiger partial charge on any atom is 0.314 e. The summed E-state index contributed by atoms with van der Waals surface area (Å²) in [6, 6.07) is 15.0. The zero-order valence-electron chi connectivity index (χ0n) is 13.3. The predicted molar refractivity (Wildman–Crippen MR) is 89.2 cm³/mol. The van der Waals surface area contributed by atoms with E-state index in [1.165, 1.54) is 0 Å². The number of fused-ring (bicyclic) bond motifs is 1. The normalized spacial score (nSPS) is 11.1. The Morgan fingerprint density at radius 1 is 1.13 bits per heavy atom. The number of oxazole rings is 1. The van der Waals surface area contributed by atoms with Crippen molar-refractivity contribution < 1.29 is 13.9 Å². The lowest BCUT2D eigenvalue weighted by molar-refractivity contribution is -0.139. The second kappa shape index (κ2) is 6.65. The molecule has 0 unspecified atom stereocenters. The fraction of sp³-hybridized carbons (Fsp3) is 0.263. The fourth-order valence-corrected chi connectivity index (χ4v) is 2.49. The van der Waals surface area contributed by atoms with Gasteiger partial charge in [0.15, 0.2) is 5.58 Å². The summed E-state index contributed by atoms with van der Waals surface area (Å²) >= 11 is 0. The lowest BCUT2D eigenvalue weighted by Crippen LogP contribution is -2.19. The summed E-state index contributed by atoms with van der Waals surface area (Å²) in [6.45, 7) is 3.97. The van der Waals surface area contributed by atoms with Crippen molar-refractivity contribution in [1.29, 1.82) is 0 Å². The first-order valence-corrected chi connectivity index (χ1v) is 7.89. The molecular formula is C19H19NO3. The van der Waals surface area contributed by atoms with Gasteiger partial charge in [-0.25, -0.2) is 4.98 Å². The molecule has 0 spiro atoms. The van der Waals surface area contributed by atoms with Crippen molar-refractivity contribution in [1.82, 2.24) is 4.98 Å². The molecule has 0 atom stereocenters. The third-order valence-electron chi connectivity index (χ3n) is 3.92. The van der Waals surface area contributed by atoms with Gasteiger partial charge in [0.1, 0.15) is 11.3 Å². The van der Waals surface area contributed by atoms with E-state index in [4.69, 9.17) is 9.15 Å². The first kappa shape index (κ1) is 15.3. The topological polar surface area (TPSA) is 52.3 Å². The average Bonchev–Trinajstić information content (AvgIpc) is 3.00. The van der Waals surface area contributed by atoms with Crippen molar-refractivity contribution in [2.24, 2.45) is 5.92 Å². The molecule has 0 aliphatic carbocycles. The lowest BCUT2D eigenvalue weighted by atomic mass is 10.0. The Morgan fingerprint density at radius 3 is 2.57 bits per heavy atom. The minimum atomic E-state index is -0.197. The van der Waals surface area contributed by atoms with E-state index < -0.39 is 0 Å². The second-order valence-corrected chi connectivity index (χ2v) is 5.45. The zero-order valence-corrected chi connectivity index (χ0v) is 13.3. The molecule has 4 nitrogen and oxygen atoms in total. The number of aromatic nitrogens is 1. The first-order chi connectivity index (χ1) is 11.2. The van der Waals surface area contributed by atoms with E-state index in [2.05, 4.69) is 4.98 Å². The Hall–Kier alpha value is -2.62. The minimum absolute atomic E-state index is 0.0692. The van der Waals surface area contributed by atoms with Crippen LogP contribution in [0.2, 0.25) is 0 Å². The van der Waals surface area contributed by atoms with E-state index in [0.717, 1.165) is 23.9 Å². The van der Waals surface area contributed by atoms with E-state index in [1.807, 2.05) is 44.2 Å². The average molecular weight is 309 g/mol. The Morgan fingerprint density at radius 2 is 1.87 bits per heavy atom. The minimum Gasteiger partial charge on any atom is -0.436 e. The predicted octanol–water partition coefficient (Wildman–Crippen LogP) is 4.84. The maximum absolute atomic E-state index is 12.1. The fourth-order valence-electron chi connectivity index (χ4n) is 2.49. The van der Waals surface area contributed by atoms with Crippen LogP contribution in [0.15, 0.2) is 52.9 Å². The summed E-state index contributed by atoms with van der Waals surface area (Å²) in [6.07, 6.45) is 1.55. The van der Waals surface area contributed by atoms with Crippen molar-refractivity contribution in [3.63, 3.8) is 0 Å². The number of carbonyl (C=O) groups excluding carboxylic acids is 1. The van der Waals surface area contributed by atoms with Crippen LogP contribution in [-0.4, -0.2) is 11.0 Å². The van der Waals surface area contributed by atoms with Crippen LogP contribution in [0, 0.1) is 5.92 Å². The van der Waals surface area contributed by atoms with Crippen LogP contribution < -0.4 is 4.74 Å². The van der Waals surface area contributed by atoms with Gasteiger partial charge in [0.05, 0.1) is 5.92 Å². The highest BCUT2D eigenvalue weighted by atomic mass is 16.5. The van der Waals surface area contributed by atoms with Crippen LogP contribution in [0.25, 0.3) is 22.6 Å². The largest absolute Gasteiger partial charge is 0.436 e. The van der Waals surface area contributed by atoms with E-state index in [1.54, 1.807) is 18.2 Å². The molecule has 0 bridgehead atoms. The van der Waals surface area contributed by atoms with Gasteiger partial charge in [0.2, 0.25) is 5.89 Å². The highest BCUT2D eigenvalue weighted by Gasteiger charge is 2.17. The number of ether oxygens (including phenoxy) is 1. The van der Waals surface area contributed by atoms with Gasteiger partial charge in [-0.2, -0.15) is 0 Å². The molecule has 4 heteroatoms. The van der Waals surface area contributed by atoms with E-state index >= 15 is 0 Å². The summed E-state index contributed by atoms with van der Waals surface area (Å²) in [4.78, 5) is 16.5. The molecule has 23 heavy (non-hydrogen) atoms. The first-order valence-electron chi connectivity index (χ1n) is 7.89. The molecule has 0 fully saturated rings. The Bertz CT molecular complexity index is 804. The van der Waals surface area contributed by atoms with Crippen molar-refractivity contribution >= 4 is 17.1 Å². The summed E-state index contributed by atoms with van der Waals surface area (Å²) in [7, 11) is 0. The summed E-state index contributed by atoms with van der Waals surface area (Å²) in [5.74, 6) is 0.784. The van der Waals surface area contributed by atoms with Crippen molar-refractivity contribution in [2.75, 3.05) is 0 Å². The number of benzene rings is 2. The van der Waals surface area contributed by atoms with Crippen LogP contribution in [-0.2, 0) is 4.79 Å². The lowest BCUT2D eigenvalue weighted by Gasteiger charge is -2.11. The molecule has 2 aromatic carbocycles. The summed E-state index contributed by atoms with van der Waals surface area (Å²) < 4.78 is 11.2. The van der Waals surface area contributed by atoms with Crippen LogP contribution >= 0.6 is 0 Å². The standard InChI is InChI=1S/C19H19NO3/c1-3-13(4-2)19(21)22-15-10-11-16-17(12-15)23-18(20-16)14-8-6-5-7-9-14/h5-13H,3-4H2,1-2H3. The maximum atomic E-state index is 12.1. The molecule has 0 radical (unpaired) electrons. The van der Waals surface area contributed by atoms with Gasteiger partial charge in [-0.3, -0.25) is 4.79 Å². The van der Waals surface area contributed by atoms with E-state index in [9.17, 15) is 4.79 Å². The van der Waals surface area contributed by atoms with Gasteiger partial charge < -0.3 is 9.15 Å². The van der Waals surface area contributed by atoms with Crippen LogP contribution in [0.4, 0.5) is 0 Å². The molecule has 0 aliphatic heterocycles. The SMILES string of the molecule is CCC(CC)C(=O)Oc1ccc2nc(-c3ccccc3)oc2c1. The quantitative estimate of drug-likeness (QED) is 0.500. The molecule has 1 heterocycles. The number of hydrogen-bond donors (Lipinski definition) is 0. The van der Waals surface area contributed by atoms with Gasteiger partial charge >= 0.3 is 5.97 Å². The molecule has 3 aromatic rings. The van der Waals surface area contributed by atoms with Crippen LogP contribution in [0.5, 0.6) is 5.75 Å². The highest BCUT2D eigenvalue weighted by molar-refractivity contribution is 5.80. The molecular weight excluding hydrogens is 290 g/mol. The Kier molecular flexibility index (Phi) is 4.42. The molecule has 0 aliphatic rings. The number of esters is 1. The number of hydrogen-bond acceptors (Lipinski definition) is 4. The van der Waals surface area contributed by atoms with Crippen LogP contribution in [0.3, 0.4) is 0 Å². The number of rotatable bonds is 5. The molecule has 1 aromatic heterocycles. The molecule has 0 saturated heterocycles. The number of nitrogens with zero attached hydrogens (tertiary/aromatic N) is 1. The van der Waals surface area contributed by atoms with Gasteiger partial charge in [0, 0.05) is 11.6 Å². The zero-order chi connectivity index (χ0) is 16.2. The molecule has 118 valence electrons. The van der Waals surface area contributed by atoms with Gasteiger partial charge in [-0.1, -0.05) is 32.0 Å². The van der Waals surface area contributed by atoms with E-state index in [-0.39, 0.29) is 11.9 Å². The summed E-state index contributed by atoms with van der Waals surface area (Å²) in [5.41, 5.74) is 2.27. The Balaban J connectivity index is 1.86. The molecule has 0 N–H and O–H groups in total. The smallest absolute Gasteiger partial charge is 0.314 e. The highest BCUT2D eigenvalue weighted by Crippen LogP contribution is 2.27. The van der Waals surface area contributed by atoms with Crippen molar-refractivity contribution in [3.05, 3.63) is 48.5 Å². The molecule has 0 amide bonds. The van der Waals surface area contributed by atoms with Crippen molar-refractivity contribution in [2.45, 2.75) is 26.7 Å².